The van der Waals surface area contributed by atoms with Crippen molar-refractivity contribution < 1.29 is 24.5 Å². The number of aromatic nitrogens is 1. The highest BCUT2D eigenvalue weighted by Gasteiger charge is 2.25. The number of unbranched alkanes of at least 4 members (excludes halogenated alkanes) is 1. The van der Waals surface area contributed by atoms with Crippen molar-refractivity contribution in [2.45, 2.75) is 50.7 Å². The summed E-state index contributed by atoms with van der Waals surface area (Å²) >= 11 is 0. The third kappa shape index (κ3) is 8.58. The van der Waals surface area contributed by atoms with Crippen molar-refractivity contribution >= 4 is 17.7 Å². The lowest BCUT2D eigenvalue weighted by atomic mass is 10.1. The van der Waals surface area contributed by atoms with E-state index in [-0.39, 0.29) is 6.42 Å². The topological polar surface area (TPSA) is 124 Å². The van der Waals surface area contributed by atoms with Crippen LogP contribution in [-0.2, 0) is 27.2 Å². The van der Waals surface area contributed by atoms with Gasteiger partial charge in [-0.05, 0) is 62.3 Å². The van der Waals surface area contributed by atoms with Gasteiger partial charge >= 0.3 is 5.97 Å². The van der Waals surface area contributed by atoms with Gasteiger partial charge in [0.15, 0.2) is 6.10 Å². The Kier molecular flexibility index (Phi) is 11.1. The number of rotatable bonds is 15. The van der Waals surface area contributed by atoms with Gasteiger partial charge in [0.2, 0.25) is 0 Å². The molecule has 196 valence electrons. The SMILES string of the molecule is COCCN(CCCCc1ccc2c(n1)NCCC2)CC[C@H](NC(=O)[C@@H](O)c1ccccc1)C(=O)O. The highest BCUT2D eigenvalue weighted by molar-refractivity contribution is 5.86. The zero-order chi connectivity index (χ0) is 25.8. The molecule has 0 aliphatic carbocycles. The standard InChI is InChI=1S/C27H38N4O5/c1-36-19-18-31(16-6-5-11-22-13-12-21-10-7-15-28-25(21)29-22)17-14-23(27(34)35)30-26(33)24(32)20-8-3-2-4-9-20/h2-4,8-9,12-13,23-24,32H,5-7,10-11,14-19H2,1H3,(H,28,29)(H,30,33)(H,34,35)/t23-,24-/m0/s1. The molecule has 0 fully saturated rings. The number of nitrogens with one attached hydrogen (secondary N) is 2. The number of ether oxygens (including phenoxy) is 1. The second-order valence-corrected chi connectivity index (χ2v) is 9.13. The quantitative estimate of drug-likeness (QED) is 0.276. The Morgan fingerprint density at radius 1 is 1.14 bits per heavy atom. The van der Waals surface area contributed by atoms with E-state index < -0.39 is 24.0 Å². The Morgan fingerprint density at radius 3 is 2.69 bits per heavy atom. The first-order valence-electron chi connectivity index (χ1n) is 12.7. The lowest BCUT2D eigenvalue weighted by molar-refractivity contribution is -0.143. The lowest BCUT2D eigenvalue weighted by Crippen LogP contribution is -2.45. The van der Waals surface area contributed by atoms with Crippen molar-refractivity contribution in [2.75, 3.05) is 45.2 Å². The Balaban J connectivity index is 1.46. The van der Waals surface area contributed by atoms with Crippen LogP contribution in [-0.4, -0.2) is 77.9 Å². The number of hydrogen-bond donors (Lipinski definition) is 4. The van der Waals surface area contributed by atoms with Crippen LogP contribution in [0.15, 0.2) is 42.5 Å². The number of aliphatic carboxylic acids is 1. The number of aliphatic hydroxyl groups is 1. The van der Waals surface area contributed by atoms with E-state index in [1.807, 2.05) is 0 Å². The van der Waals surface area contributed by atoms with Crippen molar-refractivity contribution in [3.05, 3.63) is 59.3 Å². The minimum Gasteiger partial charge on any atom is -0.480 e. The number of fused-ring (bicyclic) bond motifs is 1. The number of amides is 1. The van der Waals surface area contributed by atoms with Gasteiger partial charge < -0.3 is 30.5 Å². The highest BCUT2D eigenvalue weighted by Crippen LogP contribution is 2.20. The van der Waals surface area contributed by atoms with Crippen LogP contribution in [0.2, 0.25) is 0 Å². The van der Waals surface area contributed by atoms with Gasteiger partial charge in [0.05, 0.1) is 6.61 Å². The molecule has 1 aliphatic rings. The van der Waals surface area contributed by atoms with Gasteiger partial charge in [-0.1, -0.05) is 36.4 Å². The van der Waals surface area contributed by atoms with Crippen LogP contribution in [0.3, 0.4) is 0 Å². The van der Waals surface area contributed by atoms with Crippen LogP contribution < -0.4 is 10.6 Å². The fourth-order valence-corrected chi connectivity index (χ4v) is 4.31. The molecule has 0 spiro atoms. The number of pyridine rings is 1. The van der Waals surface area contributed by atoms with E-state index in [4.69, 9.17) is 9.72 Å². The van der Waals surface area contributed by atoms with E-state index >= 15 is 0 Å². The number of carbonyl (C=O) groups is 2. The smallest absolute Gasteiger partial charge is 0.326 e. The molecular formula is C27H38N4O5. The number of nitrogens with zero attached hydrogens (tertiary/aromatic N) is 2. The second-order valence-electron chi connectivity index (χ2n) is 9.13. The van der Waals surface area contributed by atoms with Crippen LogP contribution in [0.5, 0.6) is 0 Å². The summed E-state index contributed by atoms with van der Waals surface area (Å²) in [6.45, 7) is 3.46. The van der Waals surface area contributed by atoms with Crippen LogP contribution >= 0.6 is 0 Å². The number of anilines is 1. The summed E-state index contributed by atoms with van der Waals surface area (Å²) in [5.74, 6) is -0.828. The molecule has 4 N–H and O–H groups in total. The van der Waals surface area contributed by atoms with E-state index in [1.54, 1.807) is 37.4 Å². The van der Waals surface area contributed by atoms with E-state index in [9.17, 15) is 19.8 Å². The van der Waals surface area contributed by atoms with Gasteiger partial charge in [0, 0.05) is 32.4 Å². The second kappa shape index (κ2) is 14.5. The van der Waals surface area contributed by atoms with E-state index in [0.717, 1.165) is 56.7 Å². The van der Waals surface area contributed by atoms with E-state index in [2.05, 4.69) is 27.7 Å². The maximum absolute atomic E-state index is 12.4. The molecule has 1 aromatic carbocycles. The molecule has 3 rings (SSSR count). The maximum Gasteiger partial charge on any atom is 0.326 e. The summed E-state index contributed by atoms with van der Waals surface area (Å²) in [6.07, 6.45) is 3.83. The van der Waals surface area contributed by atoms with Crippen molar-refractivity contribution in [3.8, 4) is 0 Å². The molecule has 9 nitrogen and oxygen atoms in total. The normalized spacial score (nSPS) is 14.5. The van der Waals surface area contributed by atoms with Gasteiger partial charge in [0.25, 0.3) is 5.91 Å². The molecule has 36 heavy (non-hydrogen) atoms. The zero-order valence-corrected chi connectivity index (χ0v) is 21.0. The van der Waals surface area contributed by atoms with Crippen molar-refractivity contribution in [3.63, 3.8) is 0 Å². The van der Waals surface area contributed by atoms with Crippen molar-refractivity contribution in [1.82, 2.24) is 15.2 Å². The Labute approximate surface area is 212 Å². The fourth-order valence-electron chi connectivity index (χ4n) is 4.31. The fraction of sp³-hybridized carbons (Fsp3) is 0.519. The van der Waals surface area contributed by atoms with Crippen LogP contribution in [0.1, 0.15) is 48.6 Å². The minimum absolute atomic E-state index is 0.227. The van der Waals surface area contributed by atoms with Gasteiger partial charge in [-0.3, -0.25) is 4.79 Å². The summed E-state index contributed by atoms with van der Waals surface area (Å²) in [5.41, 5.74) is 2.79. The first kappa shape index (κ1) is 27.6. The number of carbonyl (C=O) groups excluding carboxylic acids is 1. The van der Waals surface area contributed by atoms with Gasteiger partial charge in [-0.25, -0.2) is 9.78 Å². The summed E-state index contributed by atoms with van der Waals surface area (Å²) in [7, 11) is 1.64. The average Bonchev–Trinajstić information content (AvgIpc) is 2.90. The number of benzene rings is 1. The molecule has 0 bridgehead atoms. The molecule has 2 aromatic rings. The van der Waals surface area contributed by atoms with Crippen molar-refractivity contribution in [1.29, 1.82) is 0 Å². The first-order chi connectivity index (χ1) is 17.5. The summed E-state index contributed by atoms with van der Waals surface area (Å²) < 4.78 is 5.22. The molecule has 1 amide bonds. The predicted molar refractivity (Wildman–Crippen MR) is 138 cm³/mol. The molecule has 0 saturated carbocycles. The molecule has 1 aromatic heterocycles. The summed E-state index contributed by atoms with van der Waals surface area (Å²) in [4.78, 5) is 31.1. The van der Waals surface area contributed by atoms with E-state index in [0.29, 0.717) is 25.3 Å². The number of aliphatic hydroxyl groups excluding tert-OH is 1. The third-order valence-electron chi connectivity index (χ3n) is 6.43. The van der Waals surface area contributed by atoms with Crippen molar-refractivity contribution in [2.24, 2.45) is 0 Å². The molecule has 0 saturated heterocycles. The molecule has 9 heteroatoms. The monoisotopic (exact) mass is 498 g/mol. The minimum atomic E-state index is -1.41. The largest absolute Gasteiger partial charge is 0.480 e. The van der Waals surface area contributed by atoms with Crippen LogP contribution in [0, 0.1) is 0 Å². The lowest BCUT2D eigenvalue weighted by Gasteiger charge is -2.24. The third-order valence-corrected chi connectivity index (χ3v) is 6.43. The Bertz CT molecular complexity index is 972. The molecule has 2 atom stereocenters. The average molecular weight is 499 g/mol. The molecule has 2 heterocycles. The molecule has 0 unspecified atom stereocenters. The van der Waals surface area contributed by atoms with Gasteiger partial charge in [0.1, 0.15) is 11.9 Å². The predicted octanol–water partition coefficient (Wildman–Crippen LogP) is 2.40. The van der Waals surface area contributed by atoms with Gasteiger partial charge in [-0.2, -0.15) is 0 Å². The number of hydrogen-bond acceptors (Lipinski definition) is 7. The van der Waals surface area contributed by atoms with Gasteiger partial charge in [-0.15, -0.1) is 0 Å². The summed E-state index contributed by atoms with van der Waals surface area (Å²) in [6, 6.07) is 11.7. The molecule has 0 radical (unpaired) electrons. The number of carboxylic acid groups (broad SMARTS) is 1. The first-order valence-corrected chi connectivity index (χ1v) is 12.7. The summed E-state index contributed by atoms with van der Waals surface area (Å²) in [5, 5.41) is 25.8. The number of methoxy groups -OCH3 is 1. The van der Waals surface area contributed by atoms with Crippen LogP contribution in [0.25, 0.3) is 0 Å². The number of carboxylic acids is 1. The van der Waals surface area contributed by atoms with E-state index in [1.165, 1.54) is 5.56 Å². The Morgan fingerprint density at radius 2 is 1.94 bits per heavy atom. The molecular weight excluding hydrogens is 460 g/mol. The maximum atomic E-state index is 12.4. The molecule has 1 aliphatic heterocycles. The number of aryl methyl sites for hydroxylation is 2. The highest BCUT2D eigenvalue weighted by atomic mass is 16.5. The Hall–Kier alpha value is -3.01. The van der Waals surface area contributed by atoms with Crippen LogP contribution in [0.4, 0.5) is 5.82 Å². The zero-order valence-electron chi connectivity index (χ0n) is 21.0.